The van der Waals surface area contributed by atoms with E-state index in [2.05, 4.69) is 5.32 Å². The van der Waals surface area contributed by atoms with Crippen LogP contribution in [0.4, 0.5) is 5.69 Å². The van der Waals surface area contributed by atoms with E-state index in [1.165, 1.54) is 19.2 Å². The molecule has 1 aromatic carbocycles. The Labute approximate surface area is 124 Å². The van der Waals surface area contributed by atoms with Gasteiger partial charge >= 0.3 is 5.97 Å². The summed E-state index contributed by atoms with van der Waals surface area (Å²) in [5, 5.41) is 14.0. The number of carbonyl (C=O) groups excluding carboxylic acids is 1. The van der Waals surface area contributed by atoms with Gasteiger partial charge in [0, 0.05) is 18.2 Å². The number of non-ortho nitro benzene ring substituents is 1. The van der Waals surface area contributed by atoms with Crippen LogP contribution in [0.25, 0.3) is 0 Å². The van der Waals surface area contributed by atoms with Crippen molar-refractivity contribution in [2.45, 2.75) is 39.3 Å². The number of nitro benzene ring substituents is 1. The summed E-state index contributed by atoms with van der Waals surface area (Å²) in [5.74, 6) is -0.208. The second-order valence-corrected chi connectivity index (χ2v) is 5.13. The van der Waals surface area contributed by atoms with Gasteiger partial charge in [-0.3, -0.25) is 20.2 Å². The largest absolute Gasteiger partial charge is 0.468 e. The summed E-state index contributed by atoms with van der Waals surface area (Å²) in [6, 6.07) is 5.78. The van der Waals surface area contributed by atoms with Crippen molar-refractivity contribution in [3.05, 3.63) is 39.9 Å². The predicted octanol–water partition coefficient (Wildman–Crippen LogP) is 2.83. The normalized spacial score (nSPS) is 15.0. The molecule has 0 amide bonds. The number of esters is 1. The lowest BCUT2D eigenvalue weighted by Crippen LogP contribution is -2.43. The molecule has 0 aliphatic heterocycles. The van der Waals surface area contributed by atoms with E-state index in [-0.39, 0.29) is 23.6 Å². The first-order valence-electron chi connectivity index (χ1n) is 6.98. The molecule has 0 aromatic heterocycles. The number of benzene rings is 1. The van der Waals surface area contributed by atoms with E-state index in [0.29, 0.717) is 0 Å². The van der Waals surface area contributed by atoms with Crippen LogP contribution in [0.5, 0.6) is 0 Å². The molecular formula is C15H22N2O4. The summed E-state index contributed by atoms with van der Waals surface area (Å²) in [6.45, 7) is 5.84. The summed E-state index contributed by atoms with van der Waals surface area (Å²) >= 11 is 0. The predicted molar refractivity (Wildman–Crippen MR) is 79.9 cm³/mol. The zero-order valence-electron chi connectivity index (χ0n) is 12.8. The van der Waals surface area contributed by atoms with Crippen molar-refractivity contribution in [1.29, 1.82) is 0 Å². The summed E-state index contributed by atoms with van der Waals surface area (Å²) in [5.41, 5.74) is 0.806. The molecule has 6 heteroatoms. The smallest absolute Gasteiger partial charge is 0.323 e. The number of ether oxygens (including phenoxy) is 1. The van der Waals surface area contributed by atoms with Crippen LogP contribution >= 0.6 is 0 Å². The number of nitro groups is 1. The summed E-state index contributed by atoms with van der Waals surface area (Å²) in [6.07, 6.45) is 0.828. The van der Waals surface area contributed by atoms with E-state index in [9.17, 15) is 14.9 Å². The standard InChI is InChI=1S/C15H22N2O4/c1-5-10(2)14(15(18)21-4)16-11(3)12-7-6-8-13(9-12)17(19)20/h6-11,14,16H,5H2,1-4H3. The molecule has 0 saturated carbocycles. The molecular weight excluding hydrogens is 272 g/mol. The number of hydrogen-bond acceptors (Lipinski definition) is 5. The highest BCUT2D eigenvalue weighted by Gasteiger charge is 2.26. The lowest BCUT2D eigenvalue weighted by atomic mass is 9.97. The number of rotatable bonds is 7. The minimum absolute atomic E-state index is 0.0410. The molecule has 6 nitrogen and oxygen atoms in total. The van der Waals surface area contributed by atoms with Gasteiger partial charge in [-0.1, -0.05) is 32.4 Å². The molecule has 116 valence electrons. The molecule has 0 aliphatic carbocycles. The maximum absolute atomic E-state index is 11.9. The highest BCUT2D eigenvalue weighted by atomic mass is 16.6. The molecule has 21 heavy (non-hydrogen) atoms. The Kier molecular flexibility index (Phi) is 6.30. The second-order valence-electron chi connectivity index (χ2n) is 5.13. The van der Waals surface area contributed by atoms with E-state index in [4.69, 9.17) is 4.74 Å². The first-order valence-corrected chi connectivity index (χ1v) is 6.98. The SMILES string of the molecule is CCC(C)C(NC(C)c1cccc([N+](=O)[O-])c1)C(=O)OC. The zero-order valence-corrected chi connectivity index (χ0v) is 12.8. The van der Waals surface area contributed by atoms with Crippen molar-refractivity contribution in [2.24, 2.45) is 5.92 Å². The molecule has 1 N–H and O–H groups in total. The fourth-order valence-corrected chi connectivity index (χ4v) is 2.10. The van der Waals surface area contributed by atoms with Crippen molar-refractivity contribution < 1.29 is 14.5 Å². The van der Waals surface area contributed by atoms with Gasteiger partial charge in [-0.15, -0.1) is 0 Å². The quantitative estimate of drug-likeness (QED) is 0.475. The van der Waals surface area contributed by atoms with E-state index < -0.39 is 11.0 Å². The molecule has 1 aromatic rings. The molecule has 0 spiro atoms. The first-order chi connectivity index (χ1) is 9.90. The fraction of sp³-hybridized carbons (Fsp3) is 0.533. The maximum Gasteiger partial charge on any atom is 0.323 e. The zero-order chi connectivity index (χ0) is 16.0. The minimum Gasteiger partial charge on any atom is -0.468 e. The van der Waals surface area contributed by atoms with Gasteiger partial charge in [-0.25, -0.2) is 0 Å². The lowest BCUT2D eigenvalue weighted by molar-refractivity contribution is -0.384. The van der Waals surface area contributed by atoms with Crippen LogP contribution in [0.3, 0.4) is 0 Å². The van der Waals surface area contributed by atoms with Gasteiger partial charge in [0.25, 0.3) is 5.69 Å². The third-order valence-corrected chi connectivity index (χ3v) is 3.68. The Morgan fingerprint density at radius 1 is 1.43 bits per heavy atom. The number of carbonyl (C=O) groups is 1. The first kappa shape index (κ1) is 17.1. The molecule has 0 fully saturated rings. The van der Waals surface area contributed by atoms with Gasteiger partial charge in [0.1, 0.15) is 6.04 Å². The molecule has 0 saturated heterocycles. The molecule has 0 heterocycles. The number of nitrogens with zero attached hydrogens (tertiary/aromatic N) is 1. The number of hydrogen-bond donors (Lipinski definition) is 1. The van der Waals surface area contributed by atoms with Crippen LogP contribution in [-0.2, 0) is 9.53 Å². The Morgan fingerprint density at radius 3 is 2.62 bits per heavy atom. The Bertz CT molecular complexity index is 504. The van der Waals surface area contributed by atoms with E-state index in [0.717, 1.165) is 12.0 Å². The van der Waals surface area contributed by atoms with Gasteiger partial charge in [0.05, 0.1) is 12.0 Å². The van der Waals surface area contributed by atoms with Gasteiger partial charge in [-0.05, 0) is 18.4 Å². The third kappa shape index (κ3) is 4.53. The second kappa shape index (κ2) is 7.73. The number of methoxy groups -OCH3 is 1. The van der Waals surface area contributed by atoms with E-state index >= 15 is 0 Å². The summed E-state index contributed by atoms with van der Waals surface area (Å²) in [4.78, 5) is 22.3. The van der Waals surface area contributed by atoms with E-state index in [1.807, 2.05) is 20.8 Å². The van der Waals surface area contributed by atoms with Crippen LogP contribution in [0, 0.1) is 16.0 Å². The van der Waals surface area contributed by atoms with Crippen molar-refractivity contribution in [1.82, 2.24) is 5.32 Å². The van der Waals surface area contributed by atoms with Crippen molar-refractivity contribution in [3.63, 3.8) is 0 Å². The topological polar surface area (TPSA) is 81.5 Å². The van der Waals surface area contributed by atoms with Crippen molar-refractivity contribution in [2.75, 3.05) is 7.11 Å². The Hall–Kier alpha value is -1.95. The highest BCUT2D eigenvalue weighted by Crippen LogP contribution is 2.21. The van der Waals surface area contributed by atoms with Gasteiger partial charge in [0.2, 0.25) is 0 Å². The van der Waals surface area contributed by atoms with Crippen LogP contribution in [0.15, 0.2) is 24.3 Å². The third-order valence-electron chi connectivity index (χ3n) is 3.68. The lowest BCUT2D eigenvalue weighted by Gasteiger charge is -2.26. The monoisotopic (exact) mass is 294 g/mol. The van der Waals surface area contributed by atoms with E-state index in [1.54, 1.807) is 12.1 Å². The molecule has 3 atom stereocenters. The average Bonchev–Trinajstić information content (AvgIpc) is 2.50. The molecule has 0 bridgehead atoms. The molecule has 0 radical (unpaired) electrons. The van der Waals surface area contributed by atoms with Crippen molar-refractivity contribution in [3.8, 4) is 0 Å². The van der Waals surface area contributed by atoms with Crippen LogP contribution in [0.2, 0.25) is 0 Å². The average molecular weight is 294 g/mol. The minimum atomic E-state index is -0.436. The van der Waals surface area contributed by atoms with Crippen LogP contribution in [0.1, 0.15) is 38.8 Å². The molecule has 1 rings (SSSR count). The van der Waals surface area contributed by atoms with Crippen molar-refractivity contribution >= 4 is 11.7 Å². The Morgan fingerprint density at radius 2 is 2.10 bits per heavy atom. The highest BCUT2D eigenvalue weighted by molar-refractivity contribution is 5.76. The summed E-state index contributed by atoms with van der Waals surface area (Å²) < 4.78 is 4.82. The fourth-order valence-electron chi connectivity index (χ4n) is 2.10. The summed E-state index contributed by atoms with van der Waals surface area (Å²) in [7, 11) is 1.36. The molecule has 3 unspecified atom stereocenters. The van der Waals surface area contributed by atoms with Crippen LogP contribution < -0.4 is 5.32 Å². The van der Waals surface area contributed by atoms with Crippen LogP contribution in [-0.4, -0.2) is 24.0 Å². The molecule has 0 aliphatic rings. The van der Waals surface area contributed by atoms with Gasteiger partial charge in [-0.2, -0.15) is 0 Å². The number of nitrogens with one attached hydrogen (secondary N) is 1. The van der Waals surface area contributed by atoms with Gasteiger partial charge < -0.3 is 4.74 Å². The maximum atomic E-state index is 11.9. The van der Waals surface area contributed by atoms with Gasteiger partial charge in [0.15, 0.2) is 0 Å². The Balaban J connectivity index is 2.91.